The molecule has 0 unspecified atom stereocenters. The molecule has 0 N–H and O–H groups in total. The van der Waals surface area contributed by atoms with Crippen LogP contribution >= 0.6 is 0 Å². The van der Waals surface area contributed by atoms with Crippen LogP contribution in [0.1, 0.15) is 82.1 Å². The Morgan fingerprint density at radius 2 is 1.17 bits per heavy atom. The second-order valence-corrected chi connectivity index (χ2v) is 12.2. The monoisotopic (exact) mass is 626 g/mol. The summed E-state index contributed by atoms with van der Waals surface area (Å²) in [4.78, 5) is 0. The number of allylic oxidation sites excluding steroid dienone is 4. The summed E-state index contributed by atoms with van der Waals surface area (Å²) in [7, 11) is 0. The van der Waals surface area contributed by atoms with Crippen molar-refractivity contribution in [1.29, 1.82) is 0 Å². The van der Waals surface area contributed by atoms with E-state index in [1.165, 1.54) is 96.9 Å². The molecule has 5 aromatic rings. The van der Waals surface area contributed by atoms with Gasteiger partial charge in [0.25, 0.3) is 0 Å². The predicted molar refractivity (Wildman–Crippen MR) is 181 cm³/mol. The summed E-state index contributed by atoms with van der Waals surface area (Å²) >= 11 is 1.46. The Kier molecular flexibility index (Phi) is 12.6. The van der Waals surface area contributed by atoms with E-state index < -0.39 is 0 Å². The average molecular weight is 628 g/mol. The molecular formula is C41H44Zr. The molecule has 0 bridgehead atoms. The Morgan fingerprint density at radius 1 is 0.667 bits per heavy atom. The van der Waals surface area contributed by atoms with Crippen molar-refractivity contribution in [3.05, 3.63) is 149 Å². The minimum absolute atomic E-state index is 1.10. The van der Waals surface area contributed by atoms with Crippen molar-refractivity contribution in [2.75, 3.05) is 0 Å². The van der Waals surface area contributed by atoms with E-state index in [0.717, 1.165) is 19.3 Å². The van der Waals surface area contributed by atoms with Crippen molar-refractivity contribution >= 4 is 24.8 Å². The molecule has 0 aromatic heterocycles. The van der Waals surface area contributed by atoms with Crippen molar-refractivity contribution in [2.24, 2.45) is 0 Å². The minimum atomic E-state index is 1.10. The van der Waals surface area contributed by atoms with Crippen LogP contribution in [-0.4, -0.2) is 3.21 Å². The van der Waals surface area contributed by atoms with Crippen LogP contribution in [0.3, 0.4) is 0 Å². The van der Waals surface area contributed by atoms with Gasteiger partial charge in [-0.2, -0.15) is 11.1 Å². The van der Waals surface area contributed by atoms with Crippen molar-refractivity contribution in [3.63, 3.8) is 0 Å². The molecule has 0 aliphatic heterocycles. The molecule has 42 heavy (non-hydrogen) atoms. The number of hydrogen-bond acceptors (Lipinski definition) is 0. The molecule has 0 fully saturated rings. The second kappa shape index (κ2) is 16.6. The van der Waals surface area contributed by atoms with E-state index >= 15 is 0 Å². The fourth-order valence-corrected chi connectivity index (χ4v) is 6.34. The molecule has 0 saturated heterocycles. The van der Waals surface area contributed by atoms with Gasteiger partial charge in [-0.1, -0.05) is 82.3 Å². The van der Waals surface area contributed by atoms with Crippen LogP contribution in [0.5, 0.6) is 0 Å². The van der Waals surface area contributed by atoms with E-state index in [-0.39, 0.29) is 0 Å². The van der Waals surface area contributed by atoms with Crippen LogP contribution in [0.25, 0.3) is 21.5 Å². The van der Waals surface area contributed by atoms with Gasteiger partial charge in [0.1, 0.15) is 0 Å². The summed E-state index contributed by atoms with van der Waals surface area (Å²) in [6, 6.07) is 37.1. The van der Waals surface area contributed by atoms with Crippen molar-refractivity contribution in [3.8, 4) is 0 Å². The van der Waals surface area contributed by atoms with Crippen LogP contribution in [-0.2, 0) is 37.1 Å². The Hall–Kier alpha value is -3.02. The van der Waals surface area contributed by atoms with Crippen LogP contribution in [0, 0.1) is 6.08 Å². The van der Waals surface area contributed by atoms with E-state index in [1.54, 1.807) is 11.1 Å². The van der Waals surface area contributed by atoms with E-state index in [2.05, 4.69) is 143 Å². The average Bonchev–Trinajstić information content (AvgIpc) is 3.65. The third-order valence-electron chi connectivity index (χ3n) is 7.89. The number of benzene rings is 4. The Balaban J connectivity index is 0.000000149. The summed E-state index contributed by atoms with van der Waals surface area (Å²) in [5.74, 6) is 0. The summed E-state index contributed by atoms with van der Waals surface area (Å²) in [5, 5.41) is 5.54. The van der Waals surface area contributed by atoms with Crippen LogP contribution < -0.4 is 0 Å². The van der Waals surface area contributed by atoms with E-state index in [1.807, 2.05) is 0 Å². The molecule has 0 saturated carbocycles. The van der Waals surface area contributed by atoms with Gasteiger partial charge in [-0.25, -0.2) is 6.08 Å². The van der Waals surface area contributed by atoms with Gasteiger partial charge in [0.15, 0.2) is 0 Å². The first-order chi connectivity index (χ1) is 20.6. The summed E-state index contributed by atoms with van der Waals surface area (Å²) in [5.41, 5.74) is 8.70. The molecule has 0 heterocycles. The first-order valence-corrected chi connectivity index (χ1v) is 16.9. The molecule has 1 aliphatic carbocycles. The van der Waals surface area contributed by atoms with Gasteiger partial charge in [-0.15, -0.1) is 46.2 Å². The Labute approximate surface area is 268 Å². The molecule has 0 spiro atoms. The number of fused-ring (bicyclic) bond motifs is 3. The van der Waals surface area contributed by atoms with Crippen molar-refractivity contribution in [2.45, 2.75) is 72.6 Å². The Morgan fingerprint density at radius 3 is 1.62 bits per heavy atom. The number of hydrogen-bond donors (Lipinski definition) is 0. The SMILES string of the molecule is CCCC1=C(CCC)C[C-]=C1.CCc1ccc2c(c1)[cH-]c1cc(CC)ccc12.[Zr+2]=[C](c1ccccc1)c1ccccc1. The van der Waals surface area contributed by atoms with Gasteiger partial charge in [0.2, 0.25) is 0 Å². The van der Waals surface area contributed by atoms with E-state index in [0.29, 0.717) is 0 Å². The molecule has 1 heteroatoms. The molecular weight excluding hydrogens is 584 g/mol. The summed E-state index contributed by atoms with van der Waals surface area (Å²) < 4.78 is 1.42. The quantitative estimate of drug-likeness (QED) is 0.150. The maximum absolute atomic E-state index is 3.29. The van der Waals surface area contributed by atoms with Crippen molar-refractivity contribution in [1.82, 2.24) is 0 Å². The summed E-state index contributed by atoms with van der Waals surface area (Å²) in [6.07, 6.45) is 13.9. The van der Waals surface area contributed by atoms with E-state index in [4.69, 9.17) is 0 Å². The van der Waals surface area contributed by atoms with Gasteiger partial charge in [-0.05, 0) is 19.3 Å². The molecule has 0 nitrogen and oxygen atoms in total. The summed E-state index contributed by atoms with van der Waals surface area (Å²) in [6.45, 7) is 8.90. The molecule has 1 aliphatic rings. The molecule has 6 rings (SSSR count). The van der Waals surface area contributed by atoms with Gasteiger partial charge in [0.05, 0.1) is 0 Å². The zero-order valence-corrected chi connectivity index (χ0v) is 28.3. The normalized spacial score (nSPS) is 12.2. The first kappa shape index (κ1) is 31.9. The fraction of sp³-hybridized carbons (Fsp3) is 0.268. The number of aryl methyl sites for hydroxylation is 2. The zero-order chi connectivity index (χ0) is 29.7. The molecule has 212 valence electrons. The molecule has 5 aromatic carbocycles. The fourth-order valence-electron chi connectivity index (χ4n) is 5.52. The van der Waals surface area contributed by atoms with Crippen LogP contribution in [0.4, 0.5) is 0 Å². The molecule has 0 radical (unpaired) electrons. The van der Waals surface area contributed by atoms with Crippen LogP contribution in [0.2, 0.25) is 0 Å². The maximum atomic E-state index is 3.29. The molecule has 0 atom stereocenters. The number of rotatable bonds is 8. The van der Waals surface area contributed by atoms with Gasteiger partial charge >= 0.3 is 99.2 Å². The predicted octanol–water partition coefficient (Wildman–Crippen LogP) is 11.3. The van der Waals surface area contributed by atoms with Gasteiger partial charge in [-0.3, -0.25) is 6.08 Å². The molecule has 0 amide bonds. The van der Waals surface area contributed by atoms with Crippen LogP contribution in [0.15, 0.2) is 120 Å². The third kappa shape index (κ3) is 8.52. The Bertz CT molecular complexity index is 1530. The standard InChI is InChI=1S/C17H17.C13H10.C11H17.Zr/c1-3-12-5-7-16-14(9-12)11-15-10-13(4-2)6-8-17(15)16;1-3-7-12(8-4-1)11-13-9-5-2-6-10-13;1-3-6-10-8-5-9-11(10)7-4-2;/h5-11H,3-4H2,1-2H3;1-10H;8H,3-4,6-7,9H2,1-2H3;/q-1;;-1;+2. The van der Waals surface area contributed by atoms with Gasteiger partial charge < -0.3 is 0 Å². The zero-order valence-electron chi connectivity index (χ0n) is 25.8. The third-order valence-corrected chi connectivity index (χ3v) is 9.31. The van der Waals surface area contributed by atoms with E-state index in [9.17, 15) is 0 Å². The first-order valence-electron chi connectivity index (χ1n) is 15.7. The van der Waals surface area contributed by atoms with Crippen molar-refractivity contribution < 1.29 is 24.2 Å². The topological polar surface area (TPSA) is 0 Å². The second-order valence-electron chi connectivity index (χ2n) is 11.0. The van der Waals surface area contributed by atoms with Gasteiger partial charge in [0, 0.05) is 0 Å².